The summed E-state index contributed by atoms with van der Waals surface area (Å²) in [6, 6.07) is 20.9. The highest BCUT2D eigenvalue weighted by Crippen LogP contribution is 2.21. The van der Waals surface area contributed by atoms with E-state index in [0.717, 1.165) is 45.0 Å². The van der Waals surface area contributed by atoms with Crippen molar-refractivity contribution in [3.8, 4) is 6.07 Å². The molecular weight excluding hydrogens is 298 g/mol. The highest BCUT2D eigenvalue weighted by molar-refractivity contribution is 5.32. The molecule has 0 bridgehead atoms. The zero-order valence-electron chi connectivity index (χ0n) is 13.8. The quantitative estimate of drug-likeness (QED) is 0.889. The molecular formula is C20H23N3O. The second-order valence-corrected chi connectivity index (χ2v) is 6.02. The third kappa shape index (κ3) is 4.42. The van der Waals surface area contributed by atoms with Crippen LogP contribution in [-0.2, 0) is 11.3 Å². The molecule has 2 aromatic carbocycles. The summed E-state index contributed by atoms with van der Waals surface area (Å²) in [7, 11) is 0. The van der Waals surface area contributed by atoms with Gasteiger partial charge in [0.15, 0.2) is 0 Å². The monoisotopic (exact) mass is 321 g/mol. The number of nitrogens with zero attached hydrogens (tertiary/aromatic N) is 2. The maximum Gasteiger partial charge on any atom is 0.0991 e. The maximum atomic E-state index is 9.01. The number of nitriles is 1. The Hall–Kier alpha value is -2.19. The van der Waals surface area contributed by atoms with E-state index in [2.05, 4.69) is 52.7 Å². The van der Waals surface area contributed by atoms with Gasteiger partial charge in [-0.25, -0.2) is 0 Å². The minimum Gasteiger partial charge on any atom is -0.379 e. The number of hydrogen-bond donors (Lipinski definition) is 1. The van der Waals surface area contributed by atoms with Crippen molar-refractivity contribution in [3.63, 3.8) is 0 Å². The average molecular weight is 321 g/mol. The Morgan fingerprint density at radius 3 is 2.62 bits per heavy atom. The fourth-order valence-corrected chi connectivity index (χ4v) is 3.13. The largest absolute Gasteiger partial charge is 0.379 e. The Morgan fingerprint density at radius 2 is 1.88 bits per heavy atom. The lowest BCUT2D eigenvalue weighted by molar-refractivity contribution is 0.0161. The van der Waals surface area contributed by atoms with Gasteiger partial charge in [0, 0.05) is 32.2 Å². The van der Waals surface area contributed by atoms with E-state index in [-0.39, 0.29) is 0 Å². The lowest BCUT2D eigenvalue weighted by atomic mass is 10.0. The van der Waals surface area contributed by atoms with Gasteiger partial charge in [0.25, 0.3) is 0 Å². The highest BCUT2D eigenvalue weighted by atomic mass is 16.5. The van der Waals surface area contributed by atoms with Gasteiger partial charge in [-0.1, -0.05) is 42.5 Å². The van der Waals surface area contributed by atoms with Crippen molar-refractivity contribution in [2.45, 2.75) is 12.6 Å². The zero-order chi connectivity index (χ0) is 16.6. The van der Waals surface area contributed by atoms with Crippen LogP contribution in [-0.4, -0.2) is 37.7 Å². The van der Waals surface area contributed by atoms with E-state index in [1.54, 1.807) is 0 Å². The van der Waals surface area contributed by atoms with Crippen molar-refractivity contribution < 1.29 is 4.74 Å². The van der Waals surface area contributed by atoms with E-state index in [4.69, 9.17) is 10.00 Å². The molecule has 1 heterocycles. The second-order valence-electron chi connectivity index (χ2n) is 6.02. The van der Waals surface area contributed by atoms with Gasteiger partial charge in [0.1, 0.15) is 0 Å². The van der Waals surface area contributed by atoms with E-state index >= 15 is 0 Å². The highest BCUT2D eigenvalue weighted by Gasteiger charge is 2.22. The number of ether oxygens (including phenoxy) is 1. The molecule has 0 amide bonds. The fourth-order valence-electron chi connectivity index (χ4n) is 3.13. The number of rotatable bonds is 6. The van der Waals surface area contributed by atoms with Gasteiger partial charge in [0.05, 0.1) is 24.8 Å². The zero-order valence-corrected chi connectivity index (χ0v) is 13.8. The molecule has 0 aromatic heterocycles. The number of hydrogen-bond acceptors (Lipinski definition) is 4. The molecule has 1 saturated heterocycles. The topological polar surface area (TPSA) is 48.3 Å². The van der Waals surface area contributed by atoms with Crippen molar-refractivity contribution in [2.75, 3.05) is 32.8 Å². The first-order chi connectivity index (χ1) is 11.9. The van der Waals surface area contributed by atoms with Crippen molar-refractivity contribution in [1.29, 1.82) is 5.26 Å². The van der Waals surface area contributed by atoms with Crippen LogP contribution in [0.1, 0.15) is 22.7 Å². The smallest absolute Gasteiger partial charge is 0.0991 e. The molecule has 1 atom stereocenters. The Morgan fingerprint density at radius 1 is 1.08 bits per heavy atom. The van der Waals surface area contributed by atoms with Crippen molar-refractivity contribution >= 4 is 0 Å². The third-order valence-electron chi connectivity index (χ3n) is 4.39. The molecule has 1 aliphatic heterocycles. The first kappa shape index (κ1) is 16.7. The standard InChI is InChI=1S/C20H23N3O/c21-14-17-5-4-6-18(13-17)15-22-16-20(19-7-2-1-3-8-19)23-9-11-24-12-10-23/h1-8,13,20,22H,9-12,15-16H2/t20-/m1/s1. The van der Waals surface area contributed by atoms with E-state index in [1.807, 2.05) is 18.2 Å². The van der Waals surface area contributed by atoms with E-state index < -0.39 is 0 Å². The first-order valence-corrected chi connectivity index (χ1v) is 8.43. The van der Waals surface area contributed by atoms with Crippen LogP contribution in [0, 0.1) is 11.3 Å². The summed E-state index contributed by atoms with van der Waals surface area (Å²) in [5, 5.41) is 12.6. The van der Waals surface area contributed by atoms with Gasteiger partial charge in [-0.05, 0) is 23.3 Å². The minimum absolute atomic E-state index is 0.342. The van der Waals surface area contributed by atoms with Crippen LogP contribution in [0.15, 0.2) is 54.6 Å². The molecule has 4 nitrogen and oxygen atoms in total. The molecule has 0 radical (unpaired) electrons. The summed E-state index contributed by atoms with van der Waals surface area (Å²) in [4.78, 5) is 2.48. The summed E-state index contributed by atoms with van der Waals surface area (Å²) < 4.78 is 5.49. The molecule has 2 aromatic rings. The summed E-state index contributed by atoms with van der Waals surface area (Å²) in [6.45, 7) is 5.17. The molecule has 1 fully saturated rings. The molecule has 1 N–H and O–H groups in total. The molecule has 4 heteroatoms. The Kier molecular flexibility index (Phi) is 5.97. The van der Waals surface area contributed by atoms with Gasteiger partial charge in [-0.3, -0.25) is 4.90 Å². The Bertz CT molecular complexity index is 675. The van der Waals surface area contributed by atoms with Crippen LogP contribution >= 0.6 is 0 Å². The summed E-state index contributed by atoms with van der Waals surface area (Å²) in [5.74, 6) is 0. The van der Waals surface area contributed by atoms with Crippen molar-refractivity contribution in [2.24, 2.45) is 0 Å². The third-order valence-corrected chi connectivity index (χ3v) is 4.39. The molecule has 3 rings (SSSR count). The molecule has 0 aliphatic carbocycles. The number of nitrogens with one attached hydrogen (secondary N) is 1. The molecule has 0 spiro atoms. The van der Waals surface area contributed by atoms with Gasteiger partial charge in [0.2, 0.25) is 0 Å². The molecule has 1 aliphatic rings. The summed E-state index contributed by atoms with van der Waals surface area (Å²) >= 11 is 0. The molecule has 24 heavy (non-hydrogen) atoms. The van der Waals surface area contributed by atoms with E-state index in [1.165, 1.54) is 5.56 Å². The summed E-state index contributed by atoms with van der Waals surface area (Å²) in [6.07, 6.45) is 0. The first-order valence-electron chi connectivity index (χ1n) is 8.43. The fraction of sp³-hybridized carbons (Fsp3) is 0.350. The van der Waals surface area contributed by atoms with Crippen LogP contribution < -0.4 is 5.32 Å². The van der Waals surface area contributed by atoms with Crippen LogP contribution in [0.5, 0.6) is 0 Å². The van der Waals surface area contributed by atoms with Crippen molar-refractivity contribution in [1.82, 2.24) is 10.2 Å². The van der Waals surface area contributed by atoms with E-state index in [9.17, 15) is 0 Å². The average Bonchev–Trinajstić information content (AvgIpc) is 2.67. The molecule has 0 saturated carbocycles. The Balaban J connectivity index is 1.64. The minimum atomic E-state index is 0.342. The van der Waals surface area contributed by atoms with Crippen LogP contribution in [0.4, 0.5) is 0 Å². The van der Waals surface area contributed by atoms with Crippen molar-refractivity contribution in [3.05, 3.63) is 71.3 Å². The Labute approximate surface area is 143 Å². The lowest BCUT2D eigenvalue weighted by Gasteiger charge is -2.35. The second kappa shape index (κ2) is 8.60. The van der Waals surface area contributed by atoms with Crippen LogP contribution in [0.25, 0.3) is 0 Å². The normalized spacial score (nSPS) is 16.5. The number of benzene rings is 2. The van der Waals surface area contributed by atoms with Gasteiger partial charge >= 0.3 is 0 Å². The van der Waals surface area contributed by atoms with Gasteiger partial charge < -0.3 is 10.1 Å². The molecule has 0 unspecified atom stereocenters. The van der Waals surface area contributed by atoms with Crippen LogP contribution in [0.3, 0.4) is 0 Å². The summed E-state index contributed by atoms with van der Waals surface area (Å²) in [5.41, 5.74) is 3.18. The van der Waals surface area contributed by atoms with Gasteiger partial charge in [-0.15, -0.1) is 0 Å². The maximum absolute atomic E-state index is 9.01. The van der Waals surface area contributed by atoms with Crippen LogP contribution in [0.2, 0.25) is 0 Å². The SMILES string of the molecule is N#Cc1cccc(CNC[C@H](c2ccccc2)N2CCOCC2)c1. The number of morpholine rings is 1. The predicted octanol–water partition coefficient (Wildman–Crippen LogP) is 2.72. The van der Waals surface area contributed by atoms with Gasteiger partial charge in [-0.2, -0.15) is 5.26 Å². The lowest BCUT2D eigenvalue weighted by Crippen LogP contribution is -2.42. The molecule has 124 valence electrons. The predicted molar refractivity (Wildman–Crippen MR) is 94.4 cm³/mol. The van der Waals surface area contributed by atoms with E-state index in [0.29, 0.717) is 11.6 Å².